The lowest BCUT2D eigenvalue weighted by molar-refractivity contribution is -0.119. The van der Waals surface area contributed by atoms with Gasteiger partial charge in [0.25, 0.3) is 17.7 Å². The molecule has 2 atom stereocenters. The van der Waals surface area contributed by atoms with E-state index in [1.165, 1.54) is 29.8 Å². The van der Waals surface area contributed by atoms with Crippen LogP contribution < -0.4 is 15.5 Å². The smallest absolute Gasteiger partial charge is 0.258 e. The summed E-state index contributed by atoms with van der Waals surface area (Å²) in [6.45, 7) is 2.64. The SMILES string of the molecule is CCc1cccc(CNC[C@H](O)[C@H](Cc2cc(F)cc(F)c2)NC(=O)c2cccc(N3C(=O)C=CC3=O)c2)c1. The maximum absolute atomic E-state index is 13.8. The second-order valence-electron chi connectivity index (χ2n) is 9.33. The lowest BCUT2D eigenvalue weighted by Gasteiger charge is -2.25. The van der Waals surface area contributed by atoms with Gasteiger partial charge in [0.05, 0.1) is 17.8 Å². The minimum Gasteiger partial charge on any atom is -0.390 e. The third-order valence-corrected chi connectivity index (χ3v) is 6.42. The first kappa shape index (κ1) is 27.8. The van der Waals surface area contributed by atoms with E-state index in [0.29, 0.717) is 6.54 Å². The molecule has 4 rings (SSSR count). The van der Waals surface area contributed by atoms with Gasteiger partial charge in [0.1, 0.15) is 11.6 Å². The largest absolute Gasteiger partial charge is 0.390 e. The van der Waals surface area contributed by atoms with Crippen LogP contribution in [0.2, 0.25) is 0 Å². The molecule has 0 fully saturated rings. The lowest BCUT2D eigenvalue weighted by Crippen LogP contribution is -2.48. The van der Waals surface area contributed by atoms with Gasteiger partial charge in [-0.2, -0.15) is 0 Å². The van der Waals surface area contributed by atoms with Crippen molar-refractivity contribution in [3.8, 4) is 0 Å². The van der Waals surface area contributed by atoms with E-state index in [1.807, 2.05) is 18.2 Å². The molecular weight excluding hydrogens is 504 g/mol. The average Bonchev–Trinajstić information content (AvgIpc) is 3.25. The summed E-state index contributed by atoms with van der Waals surface area (Å²) in [5, 5.41) is 16.9. The summed E-state index contributed by atoms with van der Waals surface area (Å²) in [7, 11) is 0. The first-order chi connectivity index (χ1) is 18.7. The van der Waals surface area contributed by atoms with E-state index in [2.05, 4.69) is 23.6 Å². The number of nitrogens with zero attached hydrogens (tertiary/aromatic N) is 1. The molecule has 0 saturated heterocycles. The van der Waals surface area contributed by atoms with E-state index < -0.39 is 41.5 Å². The molecule has 0 saturated carbocycles. The molecule has 3 amide bonds. The molecule has 0 unspecified atom stereocenters. The van der Waals surface area contributed by atoms with Crippen molar-refractivity contribution in [1.29, 1.82) is 0 Å². The molecule has 3 aromatic rings. The van der Waals surface area contributed by atoms with Gasteiger partial charge in [-0.25, -0.2) is 13.7 Å². The predicted molar refractivity (Wildman–Crippen MR) is 143 cm³/mol. The molecule has 1 aliphatic rings. The normalized spacial score (nSPS) is 14.5. The van der Waals surface area contributed by atoms with Gasteiger partial charge in [-0.15, -0.1) is 0 Å². The van der Waals surface area contributed by atoms with Crippen LogP contribution in [-0.2, 0) is 29.0 Å². The molecule has 3 aromatic carbocycles. The maximum Gasteiger partial charge on any atom is 0.258 e. The van der Waals surface area contributed by atoms with Gasteiger partial charge in [0, 0.05) is 36.9 Å². The molecule has 39 heavy (non-hydrogen) atoms. The zero-order valence-electron chi connectivity index (χ0n) is 21.4. The van der Waals surface area contributed by atoms with Crippen molar-refractivity contribution in [2.75, 3.05) is 11.4 Å². The molecular formula is C30H29F2N3O4. The highest BCUT2D eigenvalue weighted by Gasteiger charge is 2.27. The van der Waals surface area contributed by atoms with E-state index in [9.17, 15) is 28.3 Å². The molecule has 1 heterocycles. The number of halogens is 2. The monoisotopic (exact) mass is 533 g/mol. The fourth-order valence-electron chi connectivity index (χ4n) is 4.42. The van der Waals surface area contributed by atoms with E-state index >= 15 is 0 Å². The number of imide groups is 1. The Kier molecular flexibility index (Phi) is 8.96. The number of anilines is 1. The number of aliphatic hydroxyl groups is 1. The van der Waals surface area contributed by atoms with Crippen LogP contribution in [-0.4, -0.2) is 41.5 Å². The Balaban J connectivity index is 1.49. The number of benzene rings is 3. The fraction of sp³-hybridized carbons (Fsp3) is 0.233. The minimum atomic E-state index is -1.11. The van der Waals surface area contributed by atoms with Crippen LogP contribution in [0.25, 0.3) is 0 Å². The summed E-state index contributed by atoms with van der Waals surface area (Å²) >= 11 is 0. The number of aryl methyl sites for hydroxylation is 1. The second-order valence-corrected chi connectivity index (χ2v) is 9.33. The van der Waals surface area contributed by atoms with E-state index in [4.69, 9.17) is 0 Å². The Morgan fingerprint density at radius 1 is 0.897 bits per heavy atom. The number of carbonyl (C=O) groups excluding carboxylic acids is 3. The zero-order chi connectivity index (χ0) is 27.9. The number of hydrogen-bond acceptors (Lipinski definition) is 5. The summed E-state index contributed by atoms with van der Waals surface area (Å²) in [6.07, 6.45) is 2.04. The Morgan fingerprint density at radius 2 is 1.56 bits per heavy atom. The lowest BCUT2D eigenvalue weighted by atomic mass is 10.00. The number of aliphatic hydroxyl groups excluding tert-OH is 1. The number of amides is 3. The van der Waals surface area contributed by atoms with Crippen LogP contribution >= 0.6 is 0 Å². The molecule has 0 radical (unpaired) electrons. The fourth-order valence-corrected chi connectivity index (χ4v) is 4.42. The van der Waals surface area contributed by atoms with E-state index in [-0.39, 0.29) is 29.8 Å². The van der Waals surface area contributed by atoms with Gasteiger partial charge in [0.15, 0.2) is 0 Å². The van der Waals surface area contributed by atoms with E-state index in [0.717, 1.165) is 47.2 Å². The number of carbonyl (C=O) groups is 3. The van der Waals surface area contributed by atoms with Gasteiger partial charge in [-0.05, 0) is 59.9 Å². The second kappa shape index (κ2) is 12.6. The van der Waals surface area contributed by atoms with Gasteiger partial charge in [0.2, 0.25) is 0 Å². The first-order valence-corrected chi connectivity index (χ1v) is 12.6. The third-order valence-electron chi connectivity index (χ3n) is 6.42. The maximum atomic E-state index is 13.8. The van der Waals surface area contributed by atoms with Crippen molar-refractivity contribution < 1.29 is 28.3 Å². The highest BCUT2D eigenvalue weighted by Crippen LogP contribution is 2.21. The van der Waals surface area contributed by atoms with Crippen molar-refractivity contribution in [1.82, 2.24) is 10.6 Å². The Hall–Kier alpha value is -4.21. The number of nitrogens with one attached hydrogen (secondary N) is 2. The van der Waals surface area contributed by atoms with Crippen LogP contribution in [0.4, 0.5) is 14.5 Å². The highest BCUT2D eigenvalue weighted by molar-refractivity contribution is 6.28. The molecule has 1 aliphatic heterocycles. The molecule has 3 N–H and O–H groups in total. The van der Waals surface area contributed by atoms with E-state index in [1.54, 1.807) is 0 Å². The molecule has 7 nitrogen and oxygen atoms in total. The third kappa shape index (κ3) is 7.22. The standard InChI is InChI=1S/C30H29F2N3O4/c1-2-19-5-3-6-20(11-19)17-33-18-27(36)26(14-21-12-23(31)16-24(32)13-21)34-30(39)22-7-4-8-25(15-22)35-28(37)9-10-29(35)38/h3-13,15-16,26-27,33,36H,2,14,17-18H2,1H3,(H,34,39)/t26-,27-/m0/s1. The summed E-state index contributed by atoms with van der Waals surface area (Å²) in [5.74, 6) is -3.15. The van der Waals surface area contributed by atoms with Crippen molar-refractivity contribution in [3.63, 3.8) is 0 Å². The van der Waals surface area contributed by atoms with Crippen molar-refractivity contribution >= 4 is 23.4 Å². The molecule has 0 aromatic heterocycles. The van der Waals surface area contributed by atoms with Crippen molar-refractivity contribution in [2.45, 2.75) is 38.5 Å². The Labute approximate surface area is 225 Å². The van der Waals surface area contributed by atoms with Crippen LogP contribution in [0.5, 0.6) is 0 Å². The molecule has 0 bridgehead atoms. The Bertz CT molecular complexity index is 1370. The summed E-state index contributed by atoms with van der Waals surface area (Å²) < 4.78 is 27.7. The number of rotatable bonds is 11. The van der Waals surface area contributed by atoms with Crippen LogP contribution in [0.3, 0.4) is 0 Å². The van der Waals surface area contributed by atoms with Crippen molar-refractivity contribution in [3.05, 3.63) is 113 Å². The van der Waals surface area contributed by atoms with Gasteiger partial charge < -0.3 is 15.7 Å². The van der Waals surface area contributed by atoms with Crippen LogP contribution in [0.1, 0.15) is 34.0 Å². The first-order valence-electron chi connectivity index (χ1n) is 12.6. The Morgan fingerprint density at radius 3 is 2.26 bits per heavy atom. The topological polar surface area (TPSA) is 98.7 Å². The summed E-state index contributed by atoms with van der Waals surface area (Å²) in [6, 6.07) is 16.1. The summed E-state index contributed by atoms with van der Waals surface area (Å²) in [4.78, 5) is 38.2. The predicted octanol–water partition coefficient (Wildman–Crippen LogP) is 3.45. The molecule has 0 spiro atoms. The van der Waals surface area contributed by atoms with Gasteiger partial charge in [-0.3, -0.25) is 14.4 Å². The zero-order valence-corrected chi connectivity index (χ0v) is 21.4. The van der Waals surface area contributed by atoms with Gasteiger partial charge in [-0.1, -0.05) is 37.3 Å². The molecule has 202 valence electrons. The highest BCUT2D eigenvalue weighted by atomic mass is 19.1. The van der Waals surface area contributed by atoms with Gasteiger partial charge >= 0.3 is 0 Å². The molecule has 0 aliphatic carbocycles. The quantitative estimate of drug-likeness (QED) is 0.328. The van der Waals surface area contributed by atoms with Crippen LogP contribution in [0.15, 0.2) is 78.9 Å². The van der Waals surface area contributed by atoms with Crippen LogP contribution in [0, 0.1) is 11.6 Å². The van der Waals surface area contributed by atoms with Crippen molar-refractivity contribution in [2.24, 2.45) is 0 Å². The number of hydrogen-bond donors (Lipinski definition) is 3. The molecule has 9 heteroatoms. The summed E-state index contributed by atoms with van der Waals surface area (Å²) in [5.41, 5.74) is 2.85. The average molecular weight is 534 g/mol. The minimum absolute atomic E-state index is 0.0404.